The molecular formula is C11H30O4Si4. The molecule has 1 aliphatic heterocycles. The van der Waals surface area contributed by atoms with Crippen LogP contribution in [-0.2, 0) is 16.5 Å². The molecule has 1 aliphatic rings. The maximum Gasteiger partial charge on any atom is 0.320 e. The smallest absolute Gasteiger partial charge is 0.320 e. The van der Waals surface area contributed by atoms with Crippen molar-refractivity contribution in [2.45, 2.75) is 71.6 Å². The van der Waals surface area contributed by atoms with Crippen LogP contribution < -0.4 is 0 Å². The van der Waals surface area contributed by atoms with Crippen molar-refractivity contribution in [2.24, 2.45) is 0 Å². The highest BCUT2D eigenvalue weighted by Crippen LogP contribution is 2.37. The molecule has 0 aromatic carbocycles. The number of hydrogen-bond acceptors (Lipinski definition) is 4. The minimum atomic E-state index is -2.26. The van der Waals surface area contributed by atoms with E-state index in [2.05, 4.69) is 59.7 Å². The molecule has 4 nitrogen and oxygen atoms in total. The fraction of sp³-hybridized carbons (Fsp3) is 1.00. The third-order valence-electron chi connectivity index (χ3n) is 3.39. The standard InChI is InChI=1S/C11H30O4Si4/c1-10-11(2)19(9)14-17(5,6)12-16(3,4)13-18(7,8)15-19/h11H,10H2,1-9H3. The van der Waals surface area contributed by atoms with Crippen molar-refractivity contribution in [3.8, 4) is 0 Å². The molecule has 0 aromatic rings. The Morgan fingerprint density at radius 3 is 1.32 bits per heavy atom. The van der Waals surface area contributed by atoms with Crippen LogP contribution in [0.2, 0.25) is 51.4 Å². The first-order valence-electron chi connectivity index (χ1n) is 7.11. The predicted molar refractivity (Wildman–Crippen MR) is 88.1 cm³/mol. The van der Waals surface area contributed by atoms with Gasteiger partial charge in [-0.1, -0.05) is 20.3 Å². The lowest BCUT2D eigenvalue weighted by atomic mass is 10.4. The van der Waals surface area contributed by atoms with Crippen LogP contribution in [0.4, 0.5) is 0 Å². The third-order valence-corrected chi connectivity index (χ3v) is 20.6. The van der Waals surface area contributed by atoms with E-state index in [0.29, 0.717) is 5.54 Å². The lowest BCUT2D eigenvalue weighted by molar-refractivity contribution is 0.227. The largest absolute Gasteiger partial charge is 0.416 e. The zero-order chi connectivity index (χ0) is 15.1. The molecule has 0 aromatic heterocycles. The second kappa shape index (κ2) is 5.48. The molecule has 0 spiro atoms. The van der Waals surface area contributed by atoms with Crippen molar-refractivity contribution < 1.29 is 16.5 Å². The van der Waals surface area contributed by atoms with Crippen LogP contribution in [0, 0.1) is 0 Å². The summed E-state index contributed by atoms with van der Waals surface area (Å²) in [6, 6.07) is 0. The molecule has 8 heteroatoms. The second-order valence-electron chi connectivity index (χ2n) is 6.93. The van der Waals surface area contributed by atoms with E-state index in [-0.39, 0.29) is 0 Å². The topological polar surface area (TPSA) is 36.9 Å². The van der Waals surface area contributed by atoms with Crippen LogP contribution in [-0.4, -0.2) is 34.2 Å². The SMILES string of the molecule is CCC(C)[Si]1(C)O[Si](C)(C)O[Si](C)(C)O[Si](C)(C)O1. The maximum atomic E-state index is 6.51. The number of hydrogen-bond donors (Lipinski definition) is 0. The summed E-state index contributed by atoms with van der Waals surface area (Å²) in [5.74, 6) is 0. The second-order valence-corrected chi connectivity index (χ2v) is 21.6. The molecule has 0 bridgehead atoms. The summed E-state index contributed by atoms with van der Waals surface area (Å²) in [6.45, 7) is 19.2. The summed E-state index contributed by atoms with van der Waals surface area (Å²) in [4.78, 5) is 0. The zero-order valence-electron chi connectivity index (χ0n) is 13.9. The van der Waals surface area contributed by atoms with Crippen molar-refractivity contribution in [3.63, 3.8) is 0 Å². The van der Waals surface area contributed by atoms with Gasteiger partial charge in [-0.15, -0.1) is 0 Å². The van der Waals surface area contributed by atoms with Crippen LogP contribution >= 0.6 is 0 Å². The van der Waals surface area contributed by atoms with Gasteiger partial charge >= 0.3 is 34.2 Å². The van der Waals surface area contributed by atoms with Gasteiger partial charge in [-0.3, -0.25) is 0 Å². The minimum absolute atomic E-state index is 0.445. The lowest BCUT2D eigenvalue weighted by Gasteiger charge is -2.49. The van der Waals surface area contributed by atoms with Crippen LogP contribution in [0.3, 0.4) is 0 Å². The van der Waals surface area contributed by atoms with E-state index >= 15 is 0 Å². The monoisotopic (exact) mass is 338 g/mol. The molecule has 19 heavy (non-hydrogen) atoms. The molecule has 0 radical (unpaired) electrons. The van der Waals surface area contributed by atoms with Crippen LogP contribution in [0.5, 0.6) is 0 Å². The molecule has 0 saturated carbocycles. The molecule has 1 atom stereocenters. The van der Waals surface area contributed by atoms with Gasteiger partial charge in [0.2, 0.25) is 0 Å². The fourth-order valence-corrected chi connectivity index (χ4v) is 24.6. The van der Waals surface area contributed by atoms with Gasteiger partial charge in [-0.2, -0.15) is 0 Å². The average Bonchev–Trinajstić information content (AvgIpc) is 2.07. The van der Waals surface area contributed by atoms with Gasteiger partial charge in [0.1, 0.15) is 0 Å². The van der Waals surface area contributed by atoms with Crippen molar-refractivity contribution in [1.82, 2.24) is 0 Å². The number of rotatable bonds is 2. The van der Waals surface area contributed by atoms with E-state index in [1.54, 1.807) is 0 Å². The van der Waals surface area contributed by atoms with E-state index < -0.39 is 34.2 Å². The molecule has 0 amide bonds. The van der Waals surface area contributed by atoms with E-state index in [4.69, 9.17) is 16.5 Å². The van der Waals surface area contributed by atoms with E-state index in [9.17, 15) is 0 Å². The highest BCUT2D eigenvalue weighted by Gasteiger charge is 2.54. The van der Waals surface area contributed by atoms with Crippen molar-refractivity contribution >= 4 is 34.2 Å². The summed E-state index contributed by atoms with van der Waals surface area (Å²) in [5, 5.41) is 0. The maximum absolute atomic E-state index is 6.51. The molecule has 1 heterocycles. The summed E-state index contributed by atoms with van der Waals surface area (Å²) < 4.78 is 25.7. The Hall–Kier alpha value is 0.708. The van der Waals surface area contributed by atoms with Crippen LogP contribution in [0.15, 0.2) is 0 Å². The Morgan fingerprint density at radius 2 is 1.00 bits per heavy atom. The minimum Gasteiger partial charge on any atom is -0.416 e. The molecule has 0 N–H and O–H groups in total. The molecule has 1 saturated heterocycles. The summed E-state index contributed by atoms with van der Waals surface area (Å²) in [5.41, 5.74) is 0.445. The molecular weight excluding hydrogens is 308 g/mol. The summed E-state index contributed by atoms with van der Waals surface area (Å²) >= 11 is 0. The van der Waals surface area contributed by atoms with Gasteiger partial charge in [0, 0.05) is 0 Å². The Morgan fingerprint density at radius 1 is 0.684 bits per heavy atom. The molecule has 0 aliphatic carbocycles. The van der Waals surface area contributed by atoms with Gasteiger partial charge < -0.3 is 16.5 Å². The van der Waals surface area contributed by atoms with Crippen molar-refractivity contribution in [3.05, 3.63) is 0 Å². The average molecular weight is 339 g/mol. The first kappa shape index (κ1) is 17.8. The van der Waals surface area contributed by atoms with Crippen molar-refractivity contribution in [2.75, 3.05) is 0 Å². The predicted octanol–water partition coefficient (Wildman–Crippen LogP) is 4.04. The fourth-order valence-electron chi connectivity index (χ4n) is 2.82. The molecule has 1 fully saturated rings. The Balaban J connectivity index is 3.11. The Kier molecular flexibility index (Phi) is 5.12. The third kappa shape index (κ3) is 4.88. The van der Waals surface area contributed by atoms with Crippen LogP contribution in [0.1, 0.15) is 20.3 Å². The first-order chi connectivity index (χ1) is 8.31. The van der Waals surface area contributed by atoms with Gasteiger partial charge in [0.15, 0.2) is 0 Å². The molecule has 114 valence electrons. The molecule has 1 rings (SSSR count). The van der Waals surface area contributed by atoms with Crippen molar-refractivity contribution in [1.29, 1.82) is 0 Å². The highest BCUT2D eigenvalue weighted by molar-refractivity contribution is 6.93. The van der Waals surface area contributed by atoms with E-state index in [1.807, 2.05) is 0 Å². The summed E-state index contributed by atoms with van der Waals surface area (Å²) in [6.07, 6.45) is 1.07. The highest BCUT2D eigenvalue weighted by atomic mass is 28.5. The Bertz CT molecular complexity index is 311. The first-order valence-corrected chi connectivity index (χ1v) is 18.0. The zero-order valence-corrected chi connectivity index (χ0v) is 17.9. The van der Waals surface area contributed by atoms with Gasteiger partial charge in [0.25, 0.3) is 0 Å². The molecule has 1 unspecified atom stereocenters. The summed E-state index contributed by atoms with van der Waals surface area (Å²) in [7, 11) is -8.80. The van der Waals surface area contributed by atoms with Gasteiger partial charge in [0.05, 0.1) is 0 Å². The lowest BCUT2D eigenvalue weighted by Crippen LogP contribution is -2.66. The quantitative estimate of drug-likeness (QED) is 0.712. The van der Waals surface area contributed by atoms with Crippen LogP contribution in [0.25, 0.3) is 0 Å². The normalized spacial score (nSPS) is 30.2. The van der Waals surface area contributed by atoms with E-state index in [1.165, 1.54) is 0 Å². The van der Waals surface area contributed by atoms with E-state index in [0.717, 1.165) is 6.42 Å². The Labute approximate surface area is 122 Å². The van der Waals surface area contributed by atoms with Gasteiger partial charge in [-0.05, 0) is 51.4 Å². The van der Waals surface area contributed by atoms with Gasteiger partial charge in [-0.25, -0.2) is 0 Å².